The van der Waals surface area contributed by atoms with Gasteiger partial charge in [0, 0.05) is 52.4 Å². The molecular formula is C19H30FN5O. The average Bonchev–Trinajstić information content (AvgIpc) is 2.67. The lowest BCUT2D eigenvalue weighted by Crippen LogP contribution is -2.62. The molecule has 3 heterocycles. The summed E-state index contributed by atoms with van der Waals surface area (Å²) in [6.07, 6.45) is 0. The van der Waals surface area contributed by atoms with Crippen LogP contribution in [-0.2, 0) is 0 Å². The van der Waals surface area contributed by atoms with Gasteiger partial charge in [0.05, 0.1) is 13.1 Å². The van der Waals surface area contributed by atoms with Gasteiger partial charge in [-0.1, -0.05) is 12.1 Å². The van der Waals surface area contributed by atoms with E-state index in [1.54, 1.807) is 18.2 Å². The highest BCUT2D eigenvalue weighted by atomic mass is 19.1. The highest BCUT2D eigenvalue weighted by Gasteiger charge is 2.31. The molecule has 2 bridgehead atoms. The number of para-hydroxylation sites is 1. The van der Waals surface area contributed by atoms with Crippen molar-refractivity contribution >= 4 is 5.96 Å². The Morgan fingerprint density at radius 2 is 2.08 bits per heavy atom. The van der Waals surface area contributed by atoms with Crippen molar-refractivity contribution < 1.29 is 9.13 Å². The van der Waals surface area contributed by atoms with Crippen LogP contribution in [0.4, 0.5) is 4.39 Å². The second-order valence-corrected chi connectivity index (χ2v) is 6.89. The predicted octanol–water partition coefficient (Wildman–Crippen LogP) is 1.10. The minimum atomic E-state index is -0.327. The van der Waals surface area contributed by atoms with Gasteiger partial charge in [-0.2, -0.15) is 0 Å². The van der Waals surface area contributed by atoms with Crippen molar-refractivity contribution in [2.75, 3.05) is 66.0 Å². The lowest BCUT2D eigenvalue weighted by Gasteiger charge is -2.47. The van der Waals surface area contributed by atoms with E-state index in [-0.39, 0.29) is 5.82 Å². The fourth-order valence-corrected chi connectivity index (χ4v) is 3.52. The summed E-state index contributed by atoms with van der Waals surface area (Å²) in [5.74, 6) is 0.845. The summed E-state index contributed by atoms with van der Waals surface area (Å²) in [4.78, 5) is 12.0. The van der Waals surface area contributed by atoms with Gasteiger partial charge < -0.3 is 15.0 Å². The SMILES string of the molecule is CCNC(=NCC1CN2CCN1CC2)N(C)CCOc1ccccc1F. The number of piperazine rings is 3. The second-order valence-electron chi connectivity index (χ2n) is 6.89. The first kappa shape index (κ1) is 18.9. The van der Waals surface area contributed by atoms with E-state index >= 15 is 0 Å². The van der Waals surface area contributed by atoms with E-state index in [0.717, 1.165) is 38.7 Å². The van der Waals surface area contributed by atoms with Crippen molar-refractivity contribution in [2.45, 2.75) is 13.0 Å². The maximum Gasteiger partial charge on any atom is 0.193 e. The van der Waals surface area contributed by atoms with Crippen LogP contribution in [0, 0.1) is 5.82 Å². The number of guanidine groups is 1. The Morgan fingerprint density at radius 1 is 1.31 bits per heavy atom. The molecule has 1 aromatic rings. The Kier molecular flexibility index (Phi) is 6.68. The van der Waals surface area contributed by atoms with Gasteiger partial charge >= 0.3 is 0 Å². The monoisotopic (exact) mass is 363 g/mol. The van der Waals surface area contributed by atoms with E-state index < -0.39 is 0 Å². The smallest absolute Gasteiger partial charge is 0.193 e. The van der Waals surface area contributed by atoms with Gasteiger partial charge in [0.25, 0.3) is 0 Å². The van der Waals surface area contributed by atoms with Crippen LogP contribution in [0.5, 0.6) is 5.75 Å². The van der Waals surface area contributed by atoms with Crippen LogP contribution < -0.4 is 10.1 Å². The number of aliphatic imine (C=N–C) groups is 1. The van der Waals surface area contributed by atoms with Crippen molar-refractivity contribution in [3.8, 4) is 5.75 Å². The zero-order valence-electron chi connectivity index (χ0n) is 15.8. The zero-order valence-corrected chi connectivity index (χ0v) is 15.8. The lowest BCUT2D eigenvalue weighted by molar-refractivity contribution is 0.0173. The van der Waals surface area contributed by atoms with Gasteiger partial charge in [-0.25, -0.2) is 4.39 Å². The molecule has 1 unspecified atom stereocenters. The molecule has 26 heavy (non-hydrogen) atoms. The minimum Gasteiger partial charge on any atom is -0.489 e. The lowest BCUT2D eigenvalue weighted by atomic mass is 10.1. The zero-order chi connectivity index (χ0) is 18.4. The molecule has 0 amide bonds. The predicted molar refractivity (Wildman–Crippen MR) is 102 cm³/mol. The molecule has 3 saturated heterocycles. The molecule has 0 aliphatic carbocycles. The highest BCUT2D eigenvalue weighted by Crippen LogP contribution is 2.16. The van der Waals surface area contributed by atoms with Gasteiger partial charge in [0.2, 0.25) is 0 Å². The molecule has 0 radical (unpaired) electrons. The van der Waals surface area contributed by atoms with E-state index in [2.05, 4.69) is 22.0 Å². The van der Waals surface area contributed by atoms with Gasteiger partial charge in [-0.15, -0.1) is 0 Å². The van der Waals surface area contributed by atoms with Crippen LogP contribution in [0.25, 0.3) is 0 Å². The highest BCUT2D eigenvalue weighted by molar-refractivity contribution is 5.79. The number of hydrogen-bond acceptors (Lipinski definition) is 4. The molecule has 3 aliphatic rings. The number of halogens is 1. The van der Waals surface area contributed by atoms with Crippen LogP contribution in [0.15, 0.2) is 29.3 Å². The fraction of sp³-hybridized carbons (Fsp3) is 0.632. The van der Waals surface area contributed by atoms with Gasteiger partial charge in [-0.3, -0.25) is 14.8 Å². The van der Waals surface area contributed by atoms with Crippen LogP contribution >= 0.6 is 0 Å². The largest absolute Gasteiger partial charge is 0.489 e. The maximum absolute atomic E-state index is 13.6. The molecule has 1 aromatic carbocycles. The van der Waals surface area contributed by atoms with Gasteiger partial charge in [0.15, 0.2) is 17.5 Å². The second kappa shape index (κ2) is 9.19. The van der Waals surface area contributed by atoms with E-state index in [0.29, 0.717) is 24.9 Å². The summed E-state index contributed by atoms with van der Waals surface area (Å²) in [6.45, 7) is 10.5. The van der Waals surface area contributed by atoms with E-state index in [9.17, 15) is 4.39 Å². The number of benzene rings is 1. The average molecular weight is 363 g/mol. The molecule has 0 saturated carbocycles. The first-order valence-corrected chi connectivity index (χ1v) is 9.50. The van der Waals surface area contributed by atoms with E-state index in [4.69, 9.17) is 9.73 Å². The topological polar surface area (TPSA) is 43.3 Å². The number of fused-ring (bicyclic) bond motifs is 3. The number of hydrogen-bond donors (Lipinski definition) is 1. The standard InChI is InChI=1S/C19H30FN5O/c1-3-21-19(22-14-16-15-24-8-10-25(16)11-9-24)23(2)12-13-26-18-7-5-4-6-17(18)20/h4-7,16H,3,8-15H2,1-2H3,(H,21,22). The Hall–Kier alpha value is -1.86. The summed E-state index contributed by atoms with van der Waals surface area (Å²) in [7, 11) is 1.99. The summed E-state index contributed by atoms with van der Waals surface area (Å²) >= 11 is 0. The van der Waals surface area contributed by atoms with E-state index in [1.807, 2.05) is 11.9 Å². The quantitative estimate of drug-likeness (QED) is 0.581. The van der Waals surface area contributed by atoms with Crippen molar-refractivity contribution in [3.05, 3.63) is 30.1 Å². The van der Waals surface area contributed by atoms with Crippen LogP contribution in [0.1, 0.15) is 6.92 Å². The number of nitrogens with one attached hydrogen (secondary N) is 1. The Balaban J connectivity index is 1.50. The fourth-order valence-electron chi connectivity index (χ4n) is 3.52. The molecule has 6 nitrogen and oxygen atoms in total. The van der Waals surface area contributed by atoms with Crippen molar-refractivity contribution in [2.24, 2.45) is 4.99 Å². The Morgan fingerprint density at radius 3 is 2.73 bits per heavy atom. The van der Waals surface area contributed by atoms with Crippen molar-refractivity contribution in [1.82, 2.24) is 20.0 Å². The minimum absolute atomic E-state index is 0.294. The van der Waals surface area contributed by atoms with Gasteiger partial charge in [0.1, 0.15) is 6.61 Å². The molecule has 1 N–H and O–H groups in total. The first-order chi connectivity index (χ1) is 12.7. The molecule has 3 aliphatic heterocycles. The molecule has 4 rings (SSSR count). The van der Waals surface area contributed by atoms with Crippen molar-refractivity contribution in [1.29, 1.82) is 0 Å². The molecule has 3 fully saturated rings. The third-order valence-electron chi connectivity index (χ3n) is 5.06. The molecule has 144 valence electrons. The number of rotatable bonds is 7. The molecule has 7 heteroatoms. The molecule has 0 aromatic heterocycles. The summed E-state index contributed by atoms with van der Waals surface area (Å²) in [5.41, 5.74) is 0. The molecule has 0 spiro atoms. The maximum atomic E-state index is 13.6. The first-order valence-electron chi connectivity index (χ1n) is 9.50. The molecular weight excluding hydrogens is 333 g/mol. The van der Waals surface area contributed by atoms with Crippen molar-refractivity contribution in [3.63, 3.8) is 0 Å². The number of likely N-dealkylation sites (N-methyl/N-ethyl adjacent to an activating group) is 1. The molecule has 1 atom stereocenters. The van der Waals surface area contributed by atoms with Crippen LogP contribution in [-0.4, -0.2) is 92.7 Å². The van der Waals surface area contributed by atoms with Gasteiger partial charge in [-0.05, 0) is 19.1 Å². The number of ether oxygens (including phenoxy) is 1. The Labute approximate surface area is 155 Å². The third kappa shape index (κ3) is 4.86. The summed E-state index contributed by atoms with van der Waals surface area (Å²) in [5, 5.41) is 3.34. The summed E-state index contributed by atoms with van der Waals surface area (Å²) < 4.78 is 19.2. The Bertz CT molecular complexity index is 603. The summed E-state index contributed by atoms with van der Waals surface area (Å²) in [6, 6.07) is 7.00. The van der Waals surface area contributed by atoms with E-state index in [1.165, 1.54) is 19.2 Å². The van der Waals surface area contributed by atoms with Crippen LogP contribution in [0.2, 0.25) is 0 Å². The number of nitrogens with zero attached hydrogens (tertiary/aromatic N) is 4. The normalized spacial score (nSPS) is 25.2. The van der Waals surface area contributed by atoms with Crippen LogP contribution in [0.3, 0.4) is 0 Å². The third-order valence-corrected chi connectivity index (χ3v) is 5.06.